The van der Waals surface area contributed by atoms with E-state index >= 15 is 0 Å². The summed E-state index contributed by atoms with van der Waals surface area (Å²) in [6.07, 6.45) is 2.51. The fourth-order valence-electron chi connectivity index (χ4n) is 1.29. The summed E-state index contributed by atoms with van der Waals surface area (Å²) in [6, 6.07) is 15.6. The van der Waals surface area contributed by atoms with Crippen molar-refractivity contribution in [2.45, 2.75) is 0 Å². The summed E-state index contributed by atoms with van der Waals surface area (Å²) < 4.78 is 0. The fourth-order valence-corrected chi connectivity index (χ4v) is 1.29. The lowest BCUT2D eigenvalue weighted by molar-refractivity contribution is 0.0696. The van der Waals surface area contributed by atoms with E-state index in [1.807, 2.05) is 18.2 Å². The molecule has 0 saturated heterocycles. The molecular weight excluding hydrogens is 240 g/mol. The van der Waals surface area contributed by atoms with Gasteiger partial charge in [0.15, 0.2) is 0 Å². The summed E-state index contributed by atoms with van der Waals surface area (Å²) in [6.45, 7) is 3.56. The Morgan fingerprint density at radius 2 is 1.53 bits per heavy atom. The van der Waals surface area contributed by atoms with Crippen LogP contribution in [0.5, 0.6) is 0 Å². The Morgan fingerprint density at radius 3 is 1.89 bits per heavy atom. The Balaban J connectivity index is 0.000000200. The van der Waals surface area contributed by atoms with Crippen LogP contribution in [-0.4, -0.2) is 17.4 Å². The minimum Gasteiger partial charge on any atom is -0.478 e. The van der Waals surface area contributed by atoms with Crippen molar-refractivity contribution in [1.29, 1.82) is 0 Å². The predicted molar refractivity (Wildman–Crippen MR) is 75.3 cm³/mol. The van der Waals surface area contributed by atoms with E-state index in [1.54, 1.807) is 42.5 Å². The average molecular weight is 254 g/mol. The molecule has 2 aromatic rings. The van der Waals surface area contributed by atoms with E-state index in [2.05, 4.69) is 6.58 Å². The highest BCUT2D eigenvalue weighted by molar-refractivity contribution is 5.87. The number of carbonyl (C=O) groups is 2. The molecule has 0 spiro atoms. The van der Waals surface area contributed by atoms with Crippen LogP contribution < -0.4 is 0 Å². The van der Waals surface area contributed by atoms with Crippen molar-refractivity contribution in [2.24, 2.45) is 0 Å². The third-order valence-electron chi connectivity index (χ3n) is 2.33. The number of carbonyl (C=O) groups excluding carboxylic acids is 1. The van der Waals surface area contributed by atoms with Crippen molar-refractivity contribution in [3.8, 4) is 0 Å². The van der Waals surface area contributed by atoms with Crippen LogP contribution in [0.2, 0.25) is 0 Å². The Morgan fingerprint density at radius 1 is 0.947 bits per heavy atom. The Kier molecular flexibility index (Phi) is 5.76. The maximum atomic E-state index is 10.4. The molecule has 3 heteroatoms. The fraction of sp³-hybridized carbons (Fsp3) is 0. The van der Waals surface area contributed by atoms with Gasteiger partial charge in [0.1, 0.15) is 6.29 Å². The number of benzene rings is 2. The normalized spacial score (nSPS) is 8.84. The summed E-state index contributed by atoms with van der Waals surface area (Å²) in [5.41, 5.74) is 1.96. The first-order valence-electron chi connectivity index (χ1n) is 5.63. The van der Waals surface area contributed by atoms with Crippen LogP contribution in [0.25, 0.3) is 6.08 Å². The third-order valence-corrected chi connectivity index (χ3v) is 2.33. The van der Waals surface area contributed by atoms with Gasteiger partial charge >= 0.3 is 5.97 Å². The smallest absolute Gasteiger partial charge is 0.335 e. The molecule has 0 radical (unpaired) electrons. The molecular formula is C16H14O3. The lowest BCUT2D eigenvalue weighted by Crippen LogP contribution is -1.94. The number of hydrogen-bond donors (Lipinski definition) is 1. The summed E-state index contributed by atoms with van der Waals surface area (Å²) in [4.78, 5) is 20.4. The molecule has 2 aromatic carbocycles. The second-order valence-electron chi connectivity index (χ2n) is 3.66. The van der Waals surface area contributed by atoms with Crippen molar-refractivity contribution < 1.29 is 14.7 Å². The highest BCUT2D eigenvalue weighted by atomic mass is 16.4. The largest absolute Gasteiger partial charge is 0.478 e. The second kappa shape index (κ2) is 7.61. The molecule has 0 amide bonds. The van der Waals surface area contributed by atoms with Crippen LogP contribution in [0, 0.1) is 0 Å². The van der Waals surface area contributed by atoms with Gasteiger partial charge in [-0.25, -0.2) is 4.79 Å². The van der Waals surface area contributed by atoms with Crippen molar-refractivity contribution in [3.05, 3.63) is 77.9 Å². The van der Waals surface area contributed by atoms with Gasteiger partial charge in [-0.3, -0.25) is 4.79 Å². The predicted octanol–water partition coefficient (Wildman–Crippen LogP) is 3.53. The minimum absolute atomic E-state index is 0.301. The summed E-state index contributed by atoms with van der Waals surface area (Å²) in [5, 5.41) is 8.52. The topological polar surface area (TPSA) is 54.4 Å². The third kappa shape index (κ3) is 5.00. The number of hydrogen-bond acceptors (Lipinski definition) is 2. The molecule has 0 atom stereocenters. The lowest BCUT2D eigenvalue weighted by atomic mass is 10.1. The van der Waals surface area contributed by atoms with Crippen LogP contribution in [0.4, 0.5) is 0 Å². The zero-order valence-electron chi connectivity index (χ0n) is 10.3. The Hall–Kier alpha value is -2.68. The van der Waals surface area contributed by atoms with Crippen LogP contribution in [0.15, 0.2) is 61.2 Å². The number of carboxylic acids is 1. The SMILES string of the molecule is C=Cc1ccc(C(=O)O)cc1.O=Cc1ccccc1. The molecule has 0 unspecified atom stereocenters. The molecule has 1 N–H and O–H groups in total. The number of carboxylic acid groups (broad SMARTS) is 1. The zero-order valence-corrected chi connectivity index (χ0v) is 10.3. The highest BCUT2D eigenvalue weighted by Crippen LogP contribution is 2.04. The van der Waals surface area contributed by atoms with E-state index < -0.39 is 5.97 Å². The molecule has 0 aliphatic rings. The van der Waals surface area contributed by atoms with Crippen molar-refractivity contribution in [1.82, 2.24) is 0 Å². The van der Waals surface area contributed by atoms with Gasteiger partial charge in [0, 0.05) is 5.56 Å². The van der Waals surface area contributed by atoms with E-state index in [0.29, 0.717) is 5.56 Å². The quantitative estimate of drug-likeness (QED) is 0.852. The summed E-state index contributed by atoms with van der Waals surface area (Å²) in [7, 11) is 0. The Labute approximate surface area is 111 Å². The maximum absolute atomic E-state index is 10.4. The zero-order chi connectivity index (χ0) is 14.1. The summed E-state index contributed by atoms with van der Waals surface area (Å²) in [5.74, 6) is -0.902. The first-order chi connectivity index (χ1) is 9.17. The van der Waals surface area contributed by atoms with Crippen LogP contribution in [-0.2, 0) is 0 Å². The first-order valence-corrected chi connectivity index (χ1v) is 5.63. The molecule has 0 saturated carbocycles. The van der Waals surface area contributed by atoms with Crippen LogP contribution in [0.3, 0.4) is 0 Å². The molecule has 2 rings (SSSR count). The molecule has 3 nitrogen and oxygen atoms in total. The Bertz CT molecular complexity index is 542. The van der Waals surface area contributed by atoms with E-state index in [0.717, 1.165) is 17.4 Å². The first kappa shape index (κ1) is 14.4. The number of aromatic carboxylic acids is 1. The number of rotatable bonds is 3. The van der Waals surface area contributed by atoms with Crippen LogP contribution in [0.1, 0.15) is 26.3 Å². The molecule has 19 heavy (non-hydrogen) atoms. The van der Waals surface area contributed by atoms with Gasteiger partial charge in [-0.2, -0.15) is 0 Å². The van der Waals surface area contributed by atoms with E-state index in [-0.39, 0.29) is 0 Å². The highest BCUT2D eigenvalue weighted by Gasteiger charge is 1.99. The van der Waals surface area contributed by atoms with Crippen molar-refractivity contribution in [3.63, 3.8) is 0 Å². The van der Waals surface area contributed by atoms with Gasteiger partial charge in [0.2, 0.25) is 0 Å². The molecule has 0 heterocycles. The standard InChI is InChI=1S/C9H8O2.C7H6O/c1-2-7-3-5-8(6-4-7)9(10)11;8-6-7-4-2-1-3-5-7/h2-6H,1H2,(H,10,11);1-6H. The molecule has 0 aliphatic heterocycles. The lowest BCUT2D eigenvalue weighted by Gasteiger charge is -1.93. The monoisotopic (exact) mass is 254 g/mol. The molecule has 96 valence electrons. The van der Waals surface area contributed by atoms with E-state index in [1.165, 1.54) is 0 Å². The summed E-state index contributed by atoms with van der Waals surface area (Å²) >= 11 is 0. The number of aldehydes is 1. The van der Waals surface area contributed by atoms with E-state index in [9.17, 15) is 9.59 Å². The van der Waals surface area contributed by atoms with Gasteiger partial charge in [0.25, 0.3) is 0 Å². The van der Waals surface area contributed by atoms with Gasteiger partial charge in [0.05, 0.1) is 5.56 Å². The van der Waals surface area contributed by atoms with Crippen molar-refractivity contribution in [2.75, 3.05) is 0 Å². The van der Waals surface area contributed by atoms with Gasteiger partial charge in [-0.1, -0.05) is 55.1 Å². The van der Waals surface area contributed by atoms with Gasteiger partial charge in [-0.05, 0) is 17.7 Å². The maximum Gasteiger partial charge on any atom is 0.335 e. The van der Waals surface area contributed by atoms with Gasteiger partial charge in [-0.15, -0.1) is 0 Å². The van der Waals surface area contributed by atoms with Gasteiger partial charge < -0.3 is 5.11 Å². The van der Waals surface area contributed by atoms with Crippen molar-refractivity contribution >= 4 is 18.3 Å². The van der Waals surface area contributed by atoms with E-state index in [4.69, 9.17) is 5.11 Å². The molecule has 0 bridgehead atoms. The molecule has 0 aromatic heterocycles. The average Bonchev–Trinajstić information content (AvgIpc) is 2.48. The van der Waals surface area contributed by atoms with Crippen LogP contribution >= 0.6 is 0 Å². The molecule has 0 aliphatic carbocycles. The second-order valence-corrected chi connectivity index (χ2v) is 3.66. The molecule has 0 fully saturated rings. The minimum atomic E-state index is -0.902.